The van der Waals surface area contributed by atoms with Gasteiger partial charge in [-0.1, -0.05) is 12.1 Å². The van der Waals surface area contributed by atoms with E-state index >= 15 is 0 Å². The zero-order chi connectivity index (χ0) is 21.4. The van der Waals surface area contributed by atoms with Crippen LogP contribution in [-0.4, -0.2) is 55.4 Å². The number of hydrogen-bond donors (Lipinski definition) is 1. The largest absolute Gasteiger partial charge is 0.494 e. The zero-order valence-electron chi connectivity index (χ0n) is 18.2. The summed E-state index contributed by atoms with van der Waals surface area (Å²) in [6.45, 7) is 6.34. The second kappa shape index (κ2) is 10.5. The molecule has 0 unspecified atom stereocenters. The van der Waals surface area contributed by atoms with Gasteiger partial charge in [-0.3, -0.25) is 0 Å². The number of nitriles is 1. The van der Waals surface area contributed by atoms with Crippen LogP contribution in [-0.2, 0) is 6.42 Å². The van der Waals surface area contributed by atoms with Gasteiger partial charge >= 0.3 is 0 Å². The maximum absolute atomic E-state index is 11.0. The van der Waals surface area contributed by atoms with Gasteiger partial charge < -0.3 is 19.6 Å². The first kappa shape index (κ1) is 22.1. The van der Waals surface area contributed by atoms with Crippen molar-refractivity contribution in [3.05, 3.63) is 59.7 Å². The molecule has 30 heavy (non-hydrogen) atoms. The Labute approximate surface area is 180 Å². The van der Waals surface area contributed by atoms with Gasteiger partial charge in [0, 0.05) is 38.9 Å². The molecule has 1 aliphatic heterocycles. The van der Waals surface area contributed by atoms with Crippen LogP contribution in [0.1, 0.15) is 37.3 Å². The van der Waals surface area contributed by atoms with E-state index in [0.29, 0.717) is 12.2 Å². The second-order valence-corrected chi connectivity index (χ2v) is 8.22. The number of hydrogen-bond acceptors (Lipinski definition) is 5. The highest BCUT2D eigenvalue weighted by Gasteiger charge is 2.32. The summed E-state index contributed by atoms with van der Waals surface area (Å²) in [7, 11) is 2.08. The van der Waals surface area contributed by atoms with Crippen molar-refractivity contribution in [3.63, 3.8) is 0 Å². The highest BCUT2D eigenvalue weighted by molar-refractivity contribution is 5.48. The molecule has 160 valence electrons. The van der Waals surface area contributed by atoms with Gasteiger partial charge in [0.1, 0.15) is 5.75 Å². The molecule has 1 heterocycles. The predicted octanol–water partition coefficient (Wildman–Crippen LogP) is 3.85. The molecule has 2 aromatic rings. The molecule has 0 bridgehead atoms. The van der Waals surface area contributed by atoms with E-state index in [2.05, 4.69) is 35.0 Å². The summed E-state index contributed by atoms with van der Waals surface area (Å²) in [6, 6.07) is 18.1. The van der Waals surface area contributed by atoms with E-state index in [1.807, 2.05) is 43.3 Å². The van der Waals surface area contributed by atoms with E-state index in [0.717, 1.165) is 63.3 Å². The summed E-state index contributed by atoms with van der Waals surface area (Å²) in [6.07, 6.45) is 3.39. The molecule has 0 atom stereocenters. The fourth-order valence-corrected chi connectivity index (χ4v) is 3.94. The topological polar surface area (TPSA) is 59.7 Å². The van der Waals surface area contributed by atoms with Crippen molar-refractivity contribution in [1.29, 1.82) is 5.26 Å². The normalized spacial score (nSPS) is 16.1. The van der Waals surface area contributed by atoms with Crippen LogP contribution >= 0.6 is 0 Å². The molecular formula is C25H33N3O2. The van der Waals surface area contributed by atoms with Gasteiger partial charge in [0.05, 0.1) is 23.8 Å². The number of nitrogens with zero attached hydrogens (tertiary/aromatic N) is 3. The van der Waals surface area contributed by atoms with Gasteiger partial charge in [-0.25, -0.2) is 0 Å². The molecule has 0 saturated carbocycles. The van der Waals surface area contributed by atoms with E-state index < -0.39 is 5.60 Å². The molecule has 1 aliphatic rings. The lowest BCUT2D eigenvalue weighted by Crippen LogP contribution is -2.46. The smallest absolute Gasteiger partial charge is 0.119 e. The summed E-state index contributed by atoms with van der Waals surface area (Å²) in [4.78, 5) is 4.63. The highest BCUT2D eigenvalue weighted by Crippen LogP contribution is 2.27. The van der Waals surface area contributed by atoms with Crippen LogP contribution in [0.5, 0.6) is 5.75 Å². The van der Waals surface area contributed by atoms with Crippen molar-refractivity contribution in [2.75, 3.05) is 44.7 Å². The molecule has 3 rings (SSSR count). The van der Waals surface area contributed by atoms with Crippen LogP contribution in [0.25, 0.3) is 0 Å². The minimum atomic E-state index is -0.579. The van der Waals surface area contributed by atoms with Gasteiger partial charge in [0.2, 0.25) is 0 Å². The van der Waals surface area contributed by atoms with Gasteiger partial charge in [-0.05, 0) is 74.6 Å². The van der Waals surface area contributed by atoms with Gasteiger partial charge in [0.25, 0.3) is 0 Å². The van der Waals surface area contributed by atoms with Crippen LogP contribution in [0.2, 0.25) is 0 Å². The van der Waals surface area contributed by atoms with Crippen molar-refractivity contribution in [2.45, 2.75) is 38.2 Å². The predicted molar refractivity (Wildman–Crippen MR) is 121 cm³/mol. The molecule has 1 N–H and O–H groups in total. The molecular weight excluding hydrogens is 374 g/mol. The molecule has 5 heteroatoms. The monoisotopic (exact) mass is 407 g/mol. The Bertz CT molecular complexity index is 819. The number of aliphatic hydroxyl groups is 1. The number of ether oxygens (including phenoxy) is 1. The van der Waals surface area contributed by atoms with Crippen LogP contribution in [0, 0.1) is 11.3 Å². The number of likely N-dealkylation sites (tertiary alicyclic amines) is 1. The van der Waals surface area contributed by atoms with Gasteiger partial charge in [-0.2, -0.15) is 5.26 Å². The molecule has 0 aliphatic carbocycles. The molecule has 1 saturated heterocycles. The molecule has 5 nitrogen and oxygen atoms in total. The highest BCUT2D eigenvalue weighted by atomic mass is 16.5. The van der Waals surface area contributed by atoms with Gasteiger partial charge in [0.15, 0.2) is 0 Å². The van der Waals surface area contributed by atoms with E-state index in [9.17, 15) is 5.11 Å². The Kier molecular flexibility index (Phi) is 7.73. The van der Waals surface area contributed by atoms with Crippen LogP contribution < -0.4 is 9.64 Å². The lowest BCUT2D eigenvalue weighted by Gasteiger charge is -2.39. The van der Waals surface area contributed by atoms with E-state index in [1.54, 1.807) is 0 Å². The Balaban J connectivity index is 1.41. The lowest BCUT2D eigenvalue weighted by atomic mass is 9.88. The zero-order valence-corrected chi connectivity index (χ0v) is 18.2. The maximum Gasteiger partial charge on any atom is 0.119 e. The Morgan fingerprint density at radius 2 is 1.77 bits per heavy atom. The van der Waals surface area contributed by atoms with Crippen LogP contribution in [0.15, 0.2) is 48.5 Å². The first-order valence-corrected chi connectivity index (χ1v) is 10.9. The molecule has 1 fully saturated rings. The molecule has 0 radical (unpaired) electrons. The first-order chi connectivity index (χ1) is 14.5. The third-order valence-electron chi connectivity index (χ3n) is 6.09. The quantitative estimate of drug-likeness (QED) is 0.684. The molecule has 0 amide bonds. The van der Waals surface area contributed by atoms with Crippen molar-refractivity contribution in [1.82, 2.24) is 4.90 Å². The number of piperidine rings is 1. The SMILES string of the molecule is CCOc1ccc(N(C)CCC2(O)CCN(CCc3ccc(C#N)cc3)CC2)cc1. The Hall–Kier alpha value is -2.55. The van der Waals surface area contributed by atoms with Gasteiger partial charge in [-0.15, -0.1) is 0 Å². The van der Waals surface area contributed by atoms with Crippen molar-refractivity contribution < 1.29 is 9.84 Å². The Morgan fingerprint density at radius 1 is 1.10 bits per heavy atom. The summed E-state index contributed by atoms with van der Waals surface area (Å²) in [5.41, 5.74) is 2.52. The lowest BCUT2D eigenvalue weighted by molar-refractivity contribution is -0.0254. The molecule has 2 aromatic carbocycles. The third-order valence-corrected chi connectivity index (χ3v) is 6.09. The van der Waals surface area contributed by atoms with Crippen molar-refractivity contribution >= 4 is 5.69 Å². The summed E-state index contributed by atoms with van der Waals surface area (Å²) in [5.74, 6) is 0.890. The minimum absolute atomic E-state index is 0.579. The van der Waals surface area contributed by atoms with Crippen LogP contribution in [0.3, 0.4) is 0 Å². The Morgan fingerprint density at radius 3 is 2.37 bits per heavy atom. The minimum Gasteiger partial charge on any atom is -0.494 e. The van der Waals surface area contributed by atoms with E-state index in [-0.39, 0.29) is 0 Å². The standard InChI is InChI=1S/C25H33N3O2/c1-3-30-24-10-8-23(9-11-24)27(2)17-13-25(29)14-18-28(19-15-25)16-12-21-4-6-22(20-26)7-5-21/h4-11,29H,3,12-19H2,1-2H3. The molecule has 0 spiro atoms. The summed E-state index contributed by atoms with van der Waals surface area (Å²) in [5, 5.41) is 19.9. The van der Waals surface area contributed by atoms with Crippen molar-refractivity contribution in [3.8, 4) is 11.8 Å². The fourth-order valence-electron chi connectivity index (χ4n) is 3.94. The average Bonchev–Trinajstić information content (AvgIpc) is 2.78. The average molecular weight is 408 g/mol. The first-order valence-electron chi connectivity index (χ1n) is 10.9. The maximum atomic E-state index is 11.0. The molecule has 0 aromatic heterocycles. The number of anilines is 1. The van der Waals surface area contributed by atoms with E-state index in [1.165, 1.54) is 5.56 Å². The third kappa shape index (κ3) is 6.22. The van der Waals surface area contributed by atoms with Crippen LogP contribution in [0.4, 0.5) is 5.69 Å². The number of rotatable bonds is 9. The van der Waals surface area contributed by atoms with Crippen molar-refractivity contribution in [2.24, 2.45) is 0 Å². The number of benzene rings is 2. The van der Waals surface area contributed by atoms with E-state index in [4.69, 9.17) is 10.00 Å². The summed E-state index contributed by atoms with van der Waals surface area (Å²) >= 11 is 0. The summed E-state index contributed by atoms with van der Waals surface area (Å²) < 4.78 is 5.50. The fraction of sp³-hybridized carbons (Fsp3) is 0.480. The second-order valence-electron chi connectivity index (χ2n) is 8.22.